The second-order valence-corrected chi connectivity index (χ2v) is 14.0. The summed E-state index contributed by atoms with van der Waals surface area (Å²) in [4.78, 5) is 47.8. The van der Waals surface area contributed by atoms with Crippen molar-refractivity contribution in [3.8, 4) is 0 Å². The minimum absolute atomic E-state index is 0.0482. The van der Waals surface area contributed by atoms with Gasteiger partial charge in [0.2, 0.25) is 5.91 Å². The number of halogens is 3. The molecule has 230 valence electrons. The van der Waals surface area contributed by atoms with E-state index in [0.717, 1.165) is 55.5 Å². The fraction of sp³-hybridized carbons (Fsp3) is 0.548. The summed E-state index contributed by atoms with van der Waals surface area (Å²) >= 11 is 14.3. The lowest BCUT2D eigenvalue weighted by molar-refractivity contribution is -0.140. The number of carbonyl (C=O) groups is 1. The molecule has 2 aromatic heterocycles. The largest absolute Gasteiger partial charge is 0.335 e. The van der Waals surface area contributed by atoms with E-state index in [0.29, 0.717) is 48.8 Å². The standard InChI is InChI=1S/C31H36Cl2FN5O3S/c32-26-8-3-19(14-27(26)33)18-37(29(40)20-2-1-11-35-16-20)22-4-6-23(7-5-22)39-30(41)25-15-21(34)17-36-28(25)38(31(39)42)24-9-12-43-13-10-24/h3,8,14-15,17,20,22-24,35H,1-2,4-7,9-13,16,18H2/t20-,22?,23?/m1/s1. The Balaban J connectivity index is 1.29. The third kappa shape index (κ3) is 6.39. The monoisotopic (exact) mass is 647 g/mol. The van der Waals surface area contributed by atoms with Gasteiger partial charge in [-0.05, 0) is 93.2 Å². The van der Waals surface area contributed by atoms with E-state index >= 15 is 0 Å². The number of piperidine rings is 1. The molecule has 0 radical (unpaired) electrons. The molecular weight excluding hydrogens is 612 g/mol. The number of pyridine rings is 1. The minimum atomic E-state index is -0.599. The quantitative estimate of drug-likeness (QED) is 0.376. The molecule has 12 heteroatoms. The zero-order chi connectivity index (χ0) is 30.1. The Morgan fingerprint density at radius 1 is 1.00 bits per heavy atom. The molecule has 0 bridgehead atoms. The molecule has 3 fully saturated rings. The zero-order valence-corrected chi connectivity index (χ0v) is 26.3. The number of hydrogen-bond acceptors (Lipinski definition) is 6. The Bertz CT molecular complexity index is 1610. The van der Waals surface area contributed by atoms with E-state index in [1.165, 1.54) is 10.6 Å². The molecule has 1 amide bonds. The van der Waals surface area contributed by atoms with Crippen LogP contribution >= 0.6 is 35.0 Å². The number of rotatable bonds is 6. The van der Waals surface area contributed by atoms with Crippen LogP contribution < -0.4 is 16.6 Å². The Kier molecular flexibility index (Phi) is 9.47. The molecular formula is C31H36Cl2FN5O3S. The molecule has 3 aromatic rings. The van der Waals surface area contributed by atoms with Crippen LogP contribution in [0.4, 0.5) is 4.39 Å². The molecule has 0 unspecified atom stereocenters. The van der Waals surface area contributed by atoms with Gasteiger partial charge in [0.25, 0.3) is 5.56 Å². The molecule has 1 aromatic carbocycles. The van der Waals surface area contributed by atoms with Gasteiger partial charge in [0.05, 0.1) is 27.5 Å². The smallest absolute Gasteiger partial charge is 0.333 e. The number of nitrogens with zero attached hydrogens (tertiary/aromatic N) is 4. The molecule has 0 spiro atoms. The Morgan fingerprint density at radius 3 is 2.44 bits per heavy atom. The highest BCUT2D eigenvalue weighted by atomic mass is 35.5. The molecule has 6 rings (SSSR count). The molecule has 1 N–H and O–H groups in total. The first-order valence-corrected chi connectivity index (χ1v) is 17.1. The Labute approximate surface area is 263 Å². The first kappa shape index (κ1) is 30.6. The van der Waals surface area contributed by atoms with Gasteiger partial charge in [-0.15, -0.1) is 0 Å². The van der Waals surface area contributed by atoms with Gasteiger partial charge in [0, 0.05) is 31.2 Å². The highest BCUT2D eigenvalue weighted by Gasteiger charge is 2.35. The van der Waals surface area contributed by atoms with Gasteiger partial charge in [-0.2, -0.15) is 11.8 Å². The third-order valence-corrected chi connectivity index (χ3v) is 11.0. The van der Waals surface area contributed by atoms with Crippen LogP contribution in [0.3, 0.4) is 0 Å². The molecule has 2 saturated heterocycles. The second kappa shape index (κ2) is 13.3. The van der Waals surface area contributed by atoms with Gasteiger partial charge >= 0.3 is 5.69 Å². The summed E-state index contributed by atoms with van der Waals surface area (Å²) in [5.74, 6) is 1.26. The average Bonchev–Trinajstić information content (AvgIpc) is 3.03. The number of aromatic nitrogens is 3. The van der Waals surface area contributed by atoms with E-state index in [9.17, 15) is 18.8 Å². The maximum atomic E-state index is 14.3. The van der Waals surface area contributed by atoms with Crippen LogP contribution in [0.2, 0.25) is 10.0 Å². The summed E-state index contributed by atoms with van der Waals surface area (Å²) in [6, 6.07) is 6.19. The van der Waals surface area contributed by atoms with Crippen molar-refractivity contribution in [1.29, 1.82) is 0 Å². The van der Waals surface area contributed by atoms with Crippen LogP contribution in [0.5, 0.6) is 0 Å². The lowest BCUT2D eigenvalue weighted by Gasteiger charge is -2.40. The number of benzene rings is 1. The predicted octanol–water partition coefficient (Wildman–Crippen LogP) is 5.58. The van der Waals surface area contributed by atoms with Gasteiger partial charge in [0.15, 0.2) is 0 Å². The SMILES string of the molecule is O=C([C@@H]1CCCNC1)N(Cc1ccc(Cl)c(Cl)c1)C1CCC(n2c(=O)c3cc(F)cnc3n(C3CCSCC3)c2=O)CC1. The summed E-state index contributed by atoms with van der Waals surface area (Å²) in [6.07, 6.45) is 6.87. The minimum Gasteiger partial charge on any atom is -0.335 e. The first-order chi connectivity index (χ1) is 20.8. The maximum absolute atomic E-state index is 14.3. The van der Waals surface area contributed by atoms with E-state index in [-0.39, 0.29) is 46.7 Å². The van der Waals surface area contributed by atoms with Gasteiger partial charge < -0.3 is 10.2 Å². The first-order valence-electron chi connectivity index (χ1n) is 15.2. The van der Waals surface area contributed by atoms with Crippen LogP contribution in [-0.2, 0) is 11.3 Å². The predicted molar refractivity (Wildman–Crippen MR) is 170 cm³/mol. The van der Waals surface area contributed by atoms with Crippen LogP contribution in [0.1, 0.15) is 69.0 Å². The number of fused-ring (bicyclic) bond motifs is 1. The Morgan fingerprint density at radius 2 is 1.74 bits per heavy atom. The highest BCUT2D eigenvalue weighted by molar-refractivity contribution is 7.99. The maximum Gasteiger partial charge on any atom is 0.333 e. The number of amides is 1. The Hall–Kier alpha value is -2.40. The van der Waals surface area contributed by atoms with Crippen LogP contribution in [0.15, 0.2) is 40.1 Å². The van der Waals surface area contributed by atoms with Gasteiger partial charge in [0.1, 0.15) is 11.5 Å². The molecule has 3 aliphatic rings. The number of hydrogen-bond donors (Lipinski definition) is 1. The fourth-order valence-corrected chi connectivity index (χ4v) is 8.35. The van der Waals surface area contributed by atoms with E-state index in [1.54, 1.807) is 10.6 Å². The summed E-state index contributed by atoms with van der Waals surface area (Å²) in [5, 5.41) is 4.41. The normalized spacial score (nSPS) is 23.4. The zero-order valence-electron chi connectivity index (χ0n) is 23.9. The summed E-state index contributed by atoms with van der Waals surface area (Å²) in [6.45, 7) is 1.98. The van der Waals surface area contributed by atoms with Crippen molar-refractivity contribution in [2.24, 2.45) is 5.92 Å². The summed E-state index contributed by atoms with van der Waals surface area (Å²) < 4.78 is 17.3. The fourth-order valence-electron chi connectivity index (χ4n) is 6.95. The van der Waals surface area contributed by atoms with E-state index in [4.69, 9.17) is 23.2 Å². The highest BCUT2D eigenvalue weighted by Crippen LogP contribution is 2.34. The molecule has 4 heterocycles. The number of carbonyl (C=O) groups excluding carboxylic acids is 1. The molecule has 1 saturated carbocycles. The van der Waals surface area contributed by atoms with Crippen molar-refractivity contribution in [3.05, 3.63) is 72.7 Å². The molecule has 2 aliphatic heterocycles. The van der Waals surface area contributed by atoms with Gasteiger partial charge in [-0.3, -0.25) is 18.7 Å². The molecule has 1 atom stereocenters. The number of nitrogens with one attached hydrogen (secondary N) is 1. The topological polar surface area (TPSA) is 89.2 Å². The lowest BCUT2D eigenvalue weighted by atomic mass is 9.88. The van der Waals surface area contributed by atoms with E-state index < -0.39 is 11.4 Å². The van der Waals surface area contributed by atoms with Crippen molar-refractivity contribution in [2.45, 2.75) is 76.0 Å². The average molecular weight is 649 g/mol. The van der Waals surface area contributed by atoms with Crippen molar-refractivity contribution in [1.82, 2.24) is 24.3 Å². The van der Waals surface area contributed by atoms with E-state index in [2.05, 4.69) is 10.3 Å². The van der Waals surface area contributed by atoms with Crippen molar-refractivity contribution >= 4 is 51.9 Å². The van der Waals surface area contributed by atoms with E-state index in [1.807, 2.05) is 28.8 Å². The molecule has 1 aliphatic carbocycles. The summed E-state index contributed by atoms with van der Waals surface area (Å²) in [5.41, 5.74) is 0.308. The third-order valence-electron chi connectivity index (χ3n) is 9.22. The van der Waals surface area contributed by atoms with Gasteiger partial charge in [-0.25, -0.2) is 14.2 Å². The van der Waals surface area contributed by atoms with Crippen LogP contribution in [0.25, 0.3) is 11.0 Å². The molecule has 8 nitrogen and oxygen atoms in total. The van der Waals surface area contributed by atoms with Crippen molar-refractivity contribution < 1.29 is 9.18 Å². The van der Waals surface area contributed by atoms with Crippen LogP contribution in [-0.4, -0.2) is 55.6 Å². The summed E-state index contributed by atoms with van der Waals surface area (Å²) in [7, 11) is 0. The van der Waals surface area contributed by atoms with Crippen LogP contribution in [0, 0.1) is 11.7 Å². The number of thioether (sulfide) groups is 1. The van der Waals surface area contributed by atoms with Gasteiger partial charge in [-0.1, -0.05) is 29.3 Å². The van der Waals surface area contributed by atoms with Crippen molar-refractivity contribution in [3.63, 3.8) is 0 Å². The molecule has 43 heavy (non-hydrogen) atoms. The van der Waals surface area contributed by atoms with Crippen molar-refractivity contribution in [2.75, 3.05) is 24.6 Å². The lowest BCUT2D eigenvalue weighted by Crippen LogP contribution is -2.49. The second-order valence-electron chi connectivity index (χ2n) is 11.9.